The molecule has 0 N–H and O–H groups in total. The van der Waals surface area contributed by atoms with E-state index >= 15 is 0 Å². The third-order valence-electron chi connectivity index (χ3n) is 6.19. The predicted octanol–water partition coefficient (Wildman–Crippen LogP) is 2.85. The zero-order chi connectivity index (χ0) is 22.0. The van der Waals surface area contributed by atoms with Crippen LogP contribution in [-0.2, 0) is 11.4 Å². The minimum absolute atomic E-state index is 0.0592. The third-order valence-corrected chi connectivity index (χ3v) is 6.19. The Morgan fingerprint density at radius 2 is 1.84 bits per heavy atom. The number of amides is 2. The van der Waals surface area contributed by atoms with E-state index in [4.69, 9.17) is 9.15 Å². The van der Waals surface area contributed by atoms with E-state index < -0.39 is 6.04 Å². The van der Waals surface area contributed by atoms with Gasteiger partial charge in [0.2, 0.25) is 5.91 Å². The minimum Gasteiger partial charge on any atom is -0.485 e. The van der Waals surface area contributed by atoms with Crippen LogP contribution in [0.4, 0.5) is 0 Å². The summed E-state index contributed by atoms with van der Waals surface area (Å²) in [5.74, 6) is 1.49. The molecule has 1 aromatic carbocycles. The van der Waals surface area contributed by atoms with Gasteiger partial charge in [-0.3, -0.25) is 9.59 Å². The van der Waals surface area contributed by atoms with Gasteiger partial charge in [-0.05, 0) is 57.5 Å². The predicted molar refractivity (Wildman–Crippen MR) is 117 cm³/mol. The summed E-state index contributed by atoms with van der Waals surface area (Å²) in [6.07, 6.45) is 1.54. The van der Waals surface area contributed by atoms with E-state index in [9.17, 15) is 9.59 Å². The molecule has 31 heavy (non-hydrogen) atoms. The molecule has 7 heteroatoms. The number of likely N-dealkylation sites (tertiary alicyclic amines) is 1. The topological polar surface area (TPSA) is 66.2 Å². The monoisotopic (exact) mass is 425 g/mol. The van der Waals surface area contributed by atoms with Crippen molar-refractivity contribution in [1.82, 2.24) is 14.7 Å². The maximum absolute atomic E-state index is 13.1. The number of likely N-dealkylation sites (N-methyl/N-ethyl adjacent to an activating group) is 1. The number of benzene rings is 1. The number of rotatable bonds is 5. The Labute approximate surface area is 183 Å². The van der Waals surface area contributed by atoms with Crippen molar-refractivity contribution in [2.24, 2.45) is 0 Å². The number of hydrogen-bond donors (Lipinski definition) is 0. The molecule has 0 radical (unpaired) electrons. The van der Waals surface area contributed by atoms with Crippen LogP contribution in [0.1, 0.15) is 40.3 Å². The van der Waals surface area contributed by atoms with Crippen molar-refractivity contribution in [3.8, 4) is 5.75 Å². The molecular formula is C24H31N3O4. The molecule has 2 saturated heterocycles. The number of hydrogen-bond acceptors (Lipinski definition) is 5. The lowest BCUT2D eigenvalue weighted by molar-refractivity contribution is -0.136. The molecule has 1 aromatic heterocycles. The van der Waals surface area contributed by atoms with Gasteiger partial charge in [0.15, 0.2) is 5.76 Å². The molecule has 7 nitrogen and oxygen atoms in total. The van der Waals surface area contributed by atoms with Crippen LogP contribution in [0.3, 0.4) is 0 Å². The standard InChI is InChI=1S/C24H31N3O4/c1-17-6-8-21(18(2)15-17)30-16-19-7-9-22(31-19)24(29)27-10-4-5-20(27)23(28)26-13-11-25(3)12-14-26/h6-9,15,20H,4-5,10-14,16H2,1-3H3. The normalized spacial score (nSPS) is 19.6. The number of ether oxygens (including phenoxy) is 1. The number of carbonyl (C=O) groups excluding carboxylic acids is 2. The molecule has 1 unspecified atom stereocenters. The van der Waals surface area contributed by atoms with Gasteiger partial charge in [-0.25, -0.2) is 0 Å². The van der Waals surface area contributed by atoms with Gasteiger partial charge in [0.1, 0.15) is 24.2 Å². The zero-order valence-electron chi connectivity index (χ0n) is 18.6. The van der Waals surface area contributed by atoms with E-state index in [1.54, 1.807) is 17.0 Å². The molecule has 0 saturated carbocycles. The van der Waals surface area contributed by atoms with Gasteiger partial charge in [0.25, 0.3) is 5.91 Å². The summed E-state index contributed by atoms with van der Waals surface area (Å²) >= 11 is 0. The van der Waals surface area contributed by atoms with Crippen molar-refractivity contribution < 1.29 is 18.7 Å². The summed E-state index contributed by atoms with van der Waals surface area (Å²) in [5.41, 5.74) is 2.24. The molecular weight excluding hydrogens is 394 g/mol. The van der Waals surface area contributed by atoms with E-state index in [2.05, 4.69) is 18.0 Å². The fraction of sp³-hybridized carbons (Fsp3) is 0.500. The van der Waals surface area contributed by atoms with Crippen LogP contribution in [0.15, 0.2) is 34.7 Å². The van der Waals surface area contributed by atoms with Crippen LogP contribution in [0.5, 0.6) is 5.75 Å². The highest BCUT2D eigenvalue weighted by molar-refractivity contribution is 5.96. The first-order valence-electron chi connectivity index (χ1n) is 11.0. The Balaban J connectivity index is 1.38. The lowest BCUT2D eigenvalue weighted by Crippen LogP contribution is -2.53. The Morgan fingerprint density at radius 1 is 1.06 bits per heavy atom. The first kappa shape index (κ1) is 21.4. The second-order valence-corrected chi connectivity index (χ2v) is 8.61. The average molecular weight is 426 g/mol. The van der Waals surface area contributed by atoms with Crippen LogP contribution in [0.2, 0.25) is 0 Å². The second kappa shape index (κ2) is 9.14. The van der Waals surface area contributed by atoms with Crippen molar-refractivity contribution >= 4 is 11.8 Å². The second-order valence-electron chi connectivity index (χ2n) is 8.61. The number of piperazine rings is 1. The van der Waals surface area contributed by atoms with Gasteiger partial charge in [-0.15, -0.1) is 0 Å². The van der Waals surface area contributed by atoms with Crippen LogP contribution in [0.25, 0.3) is 0 Å². The summed E-state index contributed by atoms with van der Waals surface area (Å²) in [7, 11) is 2.06. The Kier molecular flexibility index (Phi) is 6.32. The molecule has 0 spiro atoms. The summed E-state index contributed by atoms with van der Waals surface area (Å²) in [4.78, 5) is 31.9. The van der Waals surface area contributed by atoms with E-state index in [1.165, 1.54) is 5.56 Å². The van der Waals surface area contributed by atoms with E-state index in [0.29, 0.717) is 31.8 Å². The summed E-state index contributed by atoms with van der Waals surface area (Å²) in [5, 5.41) is 0. The quantitative estimate of drug-likeness (QED) is 0.737. The number of nitrogens with zero attached hydrogens (tertiary/aromatic N) is 3. The van der Waals surface area contributed by atoms with Gasteiger partial charge in [-0.2, -0.15) is 0 Å². The van der Waals surface area contributed by atoms with E-state index in [1.807, 2.05) is 30.9 Å². The van der Waals surface area contributed by atoms with Gasteiger partial charge < -0.3 is 23.9 Å². The van der Waals surface area contributed by atoms with Gasteiger partial charge in [-0.1, -0.05) is 17.7 Å². The molecule has 2 aliphatic rings. The first-order chi connectivity index (χ1) is 14.9. The average Bonchev–Trinajstić information content (AvgIpc) is 3.43. The van der Waals surface area contributed by atoms with Crippen LogP contribution < -0.4 is 4.74 Å². The molecule has 2 amide bonds. The Morgan fingerprint density at radius 3 is 2.58 bits per heavy atom. The highest BCUT2D eigenvalue weighted by atomic mass is 16.5. The van der Waals surface area contributed by atoms with Crippen LogP contribution in [0, 0.1) is 13.8 Å². The molecule has 166 valence electrons. The SMILES string of the molecule is Cc1ccc(OCc2ccc(C(=O)N3CCCC3C(=O)N3CCN(C)CC3)o2)c(C)c1. The van der Waals surface area contributed by atoms with E-state index in [0.717, 1.165) is 30.8 Å². The van der Waals surface area contributed by atoms with Crippen LogP contribution >= 0.6 is 0 Å². The summed E-state index contributed by atoms with van der Waals surface area (Å²) in [6.45, 7) is 8.05. The molecule has 4 rings (SSSR count). The highest BCUT2D eigenvalue weighted by Crippen LogP contribution is 2.24. The van der Waals surface area contributed by atoms with Crippen molar-refractivity contribution in [1.29, 1.82) is 0 Å². The lowest BCUT2D eigenvalue weighted by Gasteiger charge is -2.35. The van der Waals surface area contributed by atoms with Crippen LogP contribution in [-0.4, -0.2) is 72.3 Å². The van der Waals surface area contributed by atoms with Crippen molar-refractivity contribution in [2.75, 3.05) is 39.8 Å². The minimum atomic E-state index is -0.393. The van der Waals surface area contributed by atoms with E-state index in [-0.39, 0.29) is 24.2 Å². The highest BCUT2D eigenvalue weighted by Gasteiger charge is 2.38. The number of aryl methyl sites for hydroxylation is 2. The smallest absolute Gasteiger partial charge is 0.290 e. The molecule has 1 atom stereocenters. The molecule has 3 heterocycles. The van der Waals surface area contributed by atoms with Gasteiger partial charge >= 0.3 is 0 Å². The largest absolute Gasteiger partial charge is 0.485 e. The Hall–Kier alpha value is -2.80. The first-order valence-corrected chi connectivity index (χ1v) is 11.0. The van der Waals surface area contributed by atoms with Crippen molar-refractivity contribution in [3.05, 3.63) is 53.0 Å². The zero-order valence-corrected chi connectivity index (χ0v) is 18.6. The van der Waals surface area contributed by atoms with Crippen molar-refractivity contribution in [2.45, 2.75) is 39.3 Å². The maximum Gasteiger partial charge on any atom is 0.290 e. The molecule has 0 aliphatic carbocycles. The molecule has 2 aromatic rings. The lowest BCUT2D eigenvalue weighted by atomic mass is 10.1. The molecule has 2 fully saturated rings. The number of furan rings is 1. The molecule has 2 aliphatic heterocycles. The fourth-order valence-corrected chi connectivity index (χ4v) is 4.33. The van der Waals surface area contributed by atoms with Gasteiger partial charge in [0.05, 0.1) is 0 Å². The van der Waals surface area contributed by atoms with Gasteiger partial charge in [0, 0.05) is 32.7 Å². The Bertz CT molecular complexity index is 946. The fourth-order valence-electron chi connectivity index (χ4n) is 4.33. The molecule has 0 bridgehead atoms. The maximum atomic E-state index is 13.1. The summed E-state index contributed by atoms with van der Waals surface area (Å²) < 4.78 is 11.6. The third kappa shape index (κ3) is 4.77. The summed E-state index contributed by atoms with van der Waals surface area (Å²) in [6, 6.07) is 9.07. The number of carbonyl (C=O) groups is 2. The van der Waals surface area contributed by atoms with Crippen molar-refractivity contribution in [3.63, 3.8) is 0 Å².